The number of allylic oxidation sites excluding steroid dienone is 1. The zero-order valence-corrected chi connectivity index (χ0v) is 24.1. The number of halogens is 2. The van der Waals surface area contributed by atoms with Gasteiger partial charge in [-0.05, 0) is 77.3 Å². The molecule has 0 spiro atoms. The lowest BCUT2D eigenvalue weighted by atomic mass is 9.69. The number of para-hydroxylation sites is 1. The van der Waals surface area contributed by atoms with Crippen molar-refractivity contribution in [1.82, 2.24) is 4.98 Å². The summed E-state index contributed by atoms with van der Waals surface area (Å²) in [5.74, 6) is 0.743. The number of fused-ring (bicyclic) bond motifs is 2. The van der Waals surface area contributed by atoms with Gasteiger partial charge in [-0.2, -0.15) is 0 Å². The molecule has 0 unspecified atom stereocenters. The van der Waals surface area contributed by atoms with Crippen LogP contribution in [0.15, 0.2) is 66.7 Å². The van der Waals surface area contributed by atoms with Crippen molar-refractivity contribution in [3.05, 3.63) is 105 Å². The number of aromatic nitrogens is 1. The molecule has 0 aliphatic heterocycles. The Labute approximate surface area is 239 Å². The molecule has 4 nitrogen and oxygen atoms in total. The summed E-state index contributed by atoms with van der Waals surface area (Å²) >= 11 is 12.4. The third kappa shape index (κ3) is 5.83. The van der Waals surface area contributed by atoms with E-state index in [0.29, 0.717) is 27.1 Å². The molecule has 0 radical (unpaired) electrons. The van der Waals surface area contributed by atoms with Crippen LogP contribution >= 0.6 is 23.2 Å². The van der Waals surface area contributed by atoms with Gasteiger partial charge in [0.25, 0.3) is 0 Å². The smallest absolute Gasteiger partial charge is 0.339 e. The average Bonchev–Trinajstić information content (AvgIpc) is 2.91. The number of carbonyl (C=O) groups excluding carboxylic acids is 1. The van der Waals surface area contributed by atoms with Crippen LogP contribution in [0.25, 0.3) is 22.6 Å². The number of ether oxygens (including phenoxy) is 2. The van der Waals surface area contributed by atoms with Crippen LogP contribution in [0.4, 0.5) is 0 Å². The molecule has 1 aliphatic carbocycles. The van der Waals surface area contributed by atoms with Crippen molar-refractivity contribution in [2.45, 2.75) is 40.2 Å². The molecule has 0 bridgehead atoms. The van der Waals surface area contributed by atoms with Crippen LogP contribution in [0.5, 0.6) is 5.75 Å². The van der Waals surface area contributed by atoms with Crippen molar-refractivity contribution in [3.8, 4) is 5.75 Å². The highest BCUT2D eigenvalue weighted by Crippen LogP contribution is 2.45. The van der Waals surface area contributed by atoms with Gasteiger partial charge in [0.15, 0.2) is 0 Å². The molecule has 0 fully saturated rings. The highest BCUT2D eigenvalue weighted by molar-refractivity contribution is 6.35. The molecule has 0 saturated heterocycles. The molecule has 1 atom stereocenters. The number of carbonyl (C=O) groups is 1. The third-order valence-corrected chi connectivity index (χ3v) is 8.06. The monoisotopic (exact) mass is 559 g/mol. The Bertz CT molecular complexity index is 1570. The van der Waals surface area contributed by atoms with E-state index in [2.05, 4.69) is 26.8 Å². The second-order valence-corrected chi connectivity index (χ2v) is 11.9. The molecule has 4 aromatic rings. The van der Waals surface area contributed by atoms with Gasteiger partial charge in [0, 0.05) is 21.0 Å². The molecule has 6 heteroatoms. The molecule has 39 heavy (non-hydrogen) atoms. The molecule has 1 heterocycles. The van der Waals surface area contributed by atoms with E-state index in [1.165, 1.54) is 0 Å². The van der Waals surface area contributed by atoms with Crippen LogP contribution in [0.2, 0.25) is 10.0 Å². The zero-order chi connectivity index (χ0) is 27.7. The molecule has 0 amide bonds. The van der Waals surface area contributed by atoms with Crippen LogP contribution in [-0.4, -0.2) is 18.1 Å². The number of pyridine rings is 1. The summed E-state index contributed by atoms with van der Waals surface area (Å²) in [6.07, 6.45) is 3.78. The fourth-order valence-electron chi connectivity index (χ4n) is 5.12. The number of nitrogens with zero attached hydrogens (tertiary/aromatic N) is 1. The summed E-state index contributed by atoms with van der Waals surface area (Å²) in [4.78, 5) is 18.9. The first-order valence-electron chi connectivity index (χ1n) is 13.0. The van der Waals surface area contributed by atoms with Crippen LogP contribution in [0.1, 0.15) is 59.9 Å². The summed E-state index contributed by atoms with van der Waals surface area (Å²) in [7, 11) is 1.66. The highest BCUT2D eigenvalue weighted by Gasteiger charge is 2.35. The Morgan fingerprint density at radius 2 is 1.77 bits per heavy atom. The van der Waals surface area contributed by atoms with Gasteiger partial charge in [-0.1, -0.05) is 80.4 Å². The normalized spacial score (nSPS) is 16.3. The van der Waals surface area contributed by atoms with Crippen molar-refractivity contribution in [2.75, 3.05) is 7.11 Å². The van der Waals surface area contributed by atoms with Gasteiger partial charge in [0.05, 0.1) is 23.9 Å². The van der Waals surface area contributed by atoms with Gasteiger partial charge in [0.1, 0.15) is 12.4 Å². The molecule has 1 aromatic heterocycles. The van der Waals surface area contributed by atoms with Crippen molar-refractivity contribution in [3.63, 3.8) is 0 Å². The third-order valence-electron chi connectivity index (χ3n) is 7.47. The van der Waals surface area contributed by atoms with Crippen LogP contribution < -0.4 is 4.74 Å². The minimum absolute atomic E-state index is 0.0281. The minimum atomic E-state index is -0.380. The molecule has 3 aromatic carbocycles. The van der Waals surface area contributed by atoms with E-state index < -0.39 is 0 Å². The summed E-state index contributed by atoms with van der Waals surface area (Å²) in [6.45, 7) is 6.81. The predicted molar refractivity (Wildman–Crippen MR) is 159 cm³/mol. The van der Waals surface area contributed by atoms with Gasteiger partial charge >= 0.3 is 5.97 Å². The minimum Gasteiger partial charge on any atom is -0.497 e. The topological polar surface area (TPSA) is 48.4 Å². The van der Waals surface area contributed by atoms with E-state index in [4.69, 9.17) is 37.7 Å². The fraction of sp³-hybridized carbons (Fsp3) is 0.273. The van der Waals surface area contributed by atoms with Crippen LogP contribution in [-0.2, 0) is 17.8 Å². The zero-order valence-electron chi connectivity index (χ0n) is 22.6. The lowest BCUT2D eigenvalue weighted by molar-refractivity contribution is 0.0473. The quantitative estimate of drug-likeness (QED) is 0.229. The number of methoxy groups -OCH3 is 1. The number of rotatable bonds is 5. The van der Waals surface area contributed by atoms with E-state index in [1.54, 1.807) is 25.3 Å². The van der Waals surface area contributed by atoms with Gasteiger partial charge < -0.3 is 9.47 Å². The number of benzene rings is 3. The van der Waals surface area contributed by atoms with E-state index in [0.717, 1.165) is 51.9 Å². The largest absolute Gasteiger partial charge is 0.497 e. The molecule has 200 valence electrons. The number of esters is 1. The lowest BCUT2D eigenvalue weighted by Crippen LogP contribution is -2.28. The lowest BCUT2D eigenvalue weighted by Gasteiger charge is -2.36. The van der Waals surface area contributed by atoms with Gasteiger partial charge in [0.2, 0.25) is 0 Å². The standard InChI is InChI=1S/C33H31Cl2NO3/c1-33(2,3)23-16-22(15-20-9-13-25(38-4)14-10-20)31-27(17-23)30(26-7-5-6-8-29(26)36-31)32(37)39-19-21-11-12-24(34)18-28(21)35/h5-15,18,23H,16-17,19H2,1-4H3/b22-15-/t23-/m1/s1. The van der Waals surface area contributed by atoms with Crippen LogP contribution in [0.3, 0.4) is 0 Å². The van der Waals surface area contributed by atoms with Crippen molar-refractivity contribution in [2.24, 2.45) is 11.3 Å². The van der Waals surface area contributed by atoms with Gasteiger partial charge in [-0.25, -0.2) is 9.78 Å². The van der Waals surface area contributed by atoms with E-state index in [9.17, 15) is 4.79 Å². The molecule has 0 N–H and O–H groups in total. The Morgan fingerprint density at radius 3 is 2.46 bits per heavy atom. The summed E-state index contributed by atoms with van der Waals surface area (Å²) in [5, 5.41) is 1.80. The van der Waals surface area contributed by atoms with Gasteiger partial charge in [-0.3, -0.25) is 0 Å². The first-order chi connectivity index (χ1) is 18.6. The fourth-order valence-corrected chi connectivity index (χ4v) is 5.59. The Hall–Kier alpha value is -3.34. The Kier molecular flexibility index (Phi) is 7.70. The van der Waals surface area contributed by atoms with E-state index in [1.807, 2.05) is 48.5 Å². The van der Waals surface area contributed by atoms with Crippen molar-refractivity contribution < 1.29 is 14.3 Å². The Morgan fingerprint density at radius 1 is 1.03 bits per heavy atom. The highest BCUT2D eigenvalue weighted by atomic mass is 35.5. The molecule has 5 rings (SSSR count). The number of hydrogen-bond donors (Lipinski definition) is 0. The first-order valence-corrected chi connectivity index (χ1v) is 13.8. The molecule has 0 saturated carbocycles. The van der Waals surface area contributed by atoms with Crippen LogP contribution in [0, 0.1) is 11.3 Å². The SMILES string of the molecule is COc1ccc(/C=C2/C[C@@H](C(C)(C)C)Cc3c2nc2ccccc2c3C(=O)OCc2ccc(Cl)cc2Cl)cc1. The molecular formula is C33H31Cl2NO3. The summed E-state index contributed by atoms with van der Waals surface area (Å²) in [5.41, 5.74) is 6.05. The average molecular weight is 561 g/mol. The maximum Gasteiger partial charge on any atom is 0.339 e. The summed E-state index contributed by atoms with van der Waals surface area (Å²) in [6, 6.07) is 20.9. The first kappa shape index (κ1) is 27.2. The van der Waals surface area contributed by atoms with E-state index in [-0.39, 0.29) is 18.0 Å². The predicted octanol–water partition coefficient (Wildman–Crippen LogP) is 9.06. The molecular weight excluding hydrogens is 529 g/mol. The number of hydrogen-bond acceptors (Lipinski definition) is 4. The second-order valence-electron chi connectivity index (χ2n) is 11.1. The van der Waals surface area contributed by atoms with Crippen molar-refractivity contribution >= 4 is 51.7 Å². The maximum atomic E-state index is 13.8. The molecule has 1 aliphatic rings. The van der Waals surface area contributed by atoms with Crippen molar-refractivity contribution in [1.29, 1.82) is 0 Å². The van der Waals surface area contributed by atoms with Gasteiger partial charge in [-0.15, -0.1) is 0 Å². The maximum absolute atomic E-state index is 13.8. The Balaban J connectivity index is 1.63. The summed E-state index contributed by atoms with van der Waals surface area (Å²) < 4.78 is 11.2. The second kappa shape index (κ2) is 11.0. The van der Waals surface area contributed by atoms with E-state index >= 15 is 0 Å².